The molecule has 2 aromatic carbocycles. The van der Waals surface area contributed by atoms with Crippen molar-refractivity contribution in [1.82, 2.24) is 5.32 Å². The zero-order chi connectivity index (χ0) is 18.6. The SMILES string of the molecule is CC(C)(C)OC(=O)N[C@H](CC(=O)O)Cc1cccc2c(N)cccc12. The number of carbonyl (C=O) groups is 2. The second kappa shape index (κ2) is 7.42. The Morgan fingerprint density at radius 1 is 1.16 bits per heavy atom. The fourth-order valence-electron chi connectivity index (χ4n) is 2.70. The van der Waals surface area contributed by atoms with Gasteiger partial charge in [-0.25, -0.2) is 4.79 Å². The predicted molar refractivity (Wildman–Crippen MR) is 97.5 cm³/mol. The Kier molecular flexibility index (Phi) is 5.51. The number of carboxylic acid groups (broad SMARTS) is 1. The van der Waals surface area contributed by atoms with Gasteiger partial charge < -0.3 is 20.9 Å². The Balaban J connectivity index is 2.24. The maximum absolute atomic E-state index is 12.0. The highest BCUT2D eigenvalue weighted by molar-refractivity contribution is 5.95. The van der Waals surface area contributed by atoms with E-state index >= 15 is 0 Å². The number of aliphatic carboxylic acids is 1. The van der Waals surface area contributed by atoms with Gasteiger partial charge in [0.1, 0.15) is 5.60 Å². The molecule has 0 radical (unpaired) electrons. The number of benzene rings is 2. The van der Waals surface area contributed by atoms with Gasteiger partial charge in [0, 0.05) is 17.1 Å². The third kappa shape index (κ3) is 5.38. The van der Waals surface area contributed by atoms with Crippen LogP contribution in [0.15, 0.2) is 36.4 Å². The average Bonchev–Trinajstić information content (AvgIpc) is 2.45. The molecule has 0 spiro atoms. The number of hydrogen-bond acceptors (Lipinski definition) is 4. The lowest BCUT2D eigenvalue weighted by Gasteiger charge is -2.23. The van der Waals surface area contributed by atoms with Gasteiger partial charge >= 0.3 is 12.1 Å². The van der Waals surface area contributed by atoms with E-state index in [0.717, 1.165) is 16.3 Å². The van der Waals surface area contributed by atoms with Crippen LogP contribution in [-0.2, 0) is 16.0 Å². The molecule has 6 heteroatoms. The summed E-state index contributed by atoms with van der Waals surface area (Å²) in [5.41, 5.74) is 6.94. The summed E-state index contributed by atoms with van der Waals surface area (Å²) in [4.78, 5) is 23.2. The second-order valence-corrected chi connectivity index (χ2v) is 7.00. The summed E-state index contributed by atoms with van der Waals surface area (Å²) in [6.45, 7) is 5.27. The molecule has 6 nitrogen and oxygen atoms in total. The highest BCUT2D eigenvalue weighted by Crippen LogP contribution is 2.25. The third-order valence-corrected chi connectivity index (χ3v) is 3.65. The molecule has 0 fully saturated rings. The fraction of sp³-hybridized carbons (Fsp3) is 0.368. The first-order valence-corrected chi connectivity index (χ1v) is 8.13. The molecule has 0 saturated carbocycles. The fourth-order valence-corrected chi connectivity index (χ4v) is 2.70. The Labute approximate surface area is 147 Å². The van der Waals surface area contributed by atoms with Gasteiger partial charge in [0.15, 0.2) is 0 Å². The molecule has 0 bridgehead atoms. The van der Waals surface area contributed by atoms with Gasteiger partial charge in [-0.15, -0.1) is 0 Å². The van der Waals surface area contributed by atoms with Crippen molar-refractivity contribution in [1.29, 1.82) is 0 Å². The quantitative estimate of drug-likeness (QED) is 0.722. The van der Waals surface area contributed by atoms with Crippen LogP contribution >= 0.6 is 0 Å². The van der Waals surface area contributed by atoms with Crippen LogP contribution in [0.2, 0.25) is 0 Å². The molecule has 134 valence electrons. The standard InChI is InChI=1S/C19H24N2O4/c1-19(2,3)25-18(24)21-13(11-17(22)23)10-12-6-4-8-15-14(12)7-5-9-16(15)20/h4-9,13H,10-11,20H2,1-3H3,(H,21,24)(H,22,23)/t13-/m0/s1. The van der Waals surface area contributed by atoms with E-state index in [-0.39, 0.29) is 6.42 Å². The lowest BCUT2D eigenvalue weighted by Crippen LogP contribution is -2.41. The van der Waals surface area contributed by atoms with Crippen LogP contribution in [0.5, 0.6) is 0 Å². The molecule has 2 rings (SSSR count). The normalized spacial score (nSPS) is 12.6. The molecule has 1 atom stereocenters. The lowest BCUT2D eigenvalue weighted by molar-refractivity contribution is -0.137. The number of alkyl carbamates (subject to hydrolysis) is 1. The topological polar surface area (TPSA) is 102 Å². The predicted octanol–water partition coefficient (Wildman–Crippen LogP) is 3.33. The number of anilines is 1. The minimum Gasteiger partial charge on any atom is -0.481 e. The van der Waals surface area contributed by atoms with Gasteiger partial charge in [-0.05, 0) is 44.2 Å². The van der Waals surface area contributed by atoms with Crippen molar-refractivity contribution in [2.75, 3.05) is 5.73 Å². The van der Waals surface area contributed by atoms with Crippen molar-refractivity contribution < 1.29 is 19.4 Å². The molecule has 0 heterocycles. The highest BCUT2D eigenvalue weighted by Gasteiger charge is 2.22. The zero-order valence-corrected chi connectivity index (χ0v) is 14.7. The largest absolute Gasteiger partial charge is 0.481 e. The first-order chi connectivity index (χ1) is 11.7. The molecule has 0 unspecified atom stereocenters. The molecule has 1 amide bonds. The monoisotopic (exact) mass is 344 g/mol. The van der Waals surface area contributed by atoms with Gasteiger partial charge in [0.05, 0.1) is 6.42 Å². The minimum atomic E-state index is -0.985. The van der Waals surface area contributed by atoms with Gasteiger partial charge in [0.25, 0.3) is 0 Å². The van der Waals surface area contributed by atoms with Gasteiger partial charge in [-0.1, -0.05) is 30.3 Å². The molecular weight excluding hydrogens is 320 g/mol. The average molecular weight is 344 g/mol. The first-order valence-electron chi connectivity index (χ1n) is 8.13. The molecule has 0 aliphatic rings. The maximum Gasteiger partial charge on any atom is 0.407 e. The summed E-state index contributed by atoms with van der Waals surface area (Å²) in [6.07, 6.45) is -0.455. The van der Waals surface area contributed by atoms with E-state index < -0.39 is 23.7 Å². The summed E-state index contributed by atoms with van der Waals surface area (Å²) < 4.78 is 5.23. The van der Waals surface area contributed by atoms with Crippen LogP contribution in [0.25, 0.3) is 10.8 Å². The van der Waals surface area contributed by atoms with Crippen LogP contribution in [-0.4, -0.2) is 28.8 Å². The molecule has 4 N–H and O–H groups in total. The number of rotatable bonds is 5. The van der Waals surface area contributed by atoms with E-state index in [0.29, 0.717) is 12.1 Å². The minimum absolute atomic E-state index is 0.196. The van der Waals surface area contributed by atoms with Gasteiger partial charge in [-0.3, -0.25) is 4.79 Å². The number of ether oxygens (including phenoxy) is 1. The van der Waals surface area contributed by atoms with E-state index in [1.807, 2.05) is 36.4 Å². The van der Waals surface area contributed by atoms with E-state index in [4.69, 9.17) is 15.6 Å². The van der Waals surface area contributed by atoms with Crippen LogP contribution in [0.1, 0.15) is 32.8 Å². The maximum atomic E-state index is 12.0. The Bertz CT molecular complexity index is 781. The number of nitrogens with one attached hydrogen (secondary N) is 1. The third-order valence-electron chi connectivity index (χ3n) is 3.65. The Hall–Kier alpha value is -2.76. The molecule has 0 saturated heterocycles. The summed E-state index contributed by atoms with van der Waals surface area (Å²) in [5.74, 6) is -0.985. The lowest BCUT2D eigenvalue weighted by atomic mass is 9.96. The number of carboxylic acids is 1. The number of carbonyl (C=O) groups excluding carboxylic acids is 1. The van der Waals surface area contributed by atoms with Crippen LogP contribution in [0.4, 0.5) is 10.5 Å². The van der Waals surface area contributed by atoms with Crippen molar-refractivity contribution in [3.05, 3.63) is 42.0 Å². The summed E-state index contributed by atoms with van der Waals surface area (Å²) in [5, 5.41) is 13.7. The van der Waals surface area contributed by atoms with Gasteiger partial charge in [-0.2, -0.15) is 0 Å². The zero-order valence-electron chi connectivity index (χ0n) is 14.7. The number of hydrogen-bond donors (Lipinski definition) is 3. The van der Waals surface area contributed by atoms with Crippen LogP contribution in [0, 0.1) is 0 Å². The number of nitrogen functional groups attached to an aromatic ring is 1. The Morgan fingerprint density at radius 2 is 1.80 bits per heavy atom. The van der Waals surface area contributed by atoms with E-state index in [1.54, 1.807) is 20.8 Å². The number of fused-ring (bicyclic) bond motifs is 1. The van der Waals surface area contributed by atoms with Gasteiger partial charge in [0.2, 0.25) is 0 Å². The molecule has 0 aliphatic heterocycles. The Morgan fingerprint density at radius 3 is 2.44 bits per heavy atom. The van der Waals surface area contributed by atoms with Crippen LogP contribution < -0.4 is 11.1 Å². The van der Waals surface area contributed by atoms with Crippen molar-refractivity contribution in [2.24, 2.45) is 0 Å². The van der Waals surface area contributed by atoms with E-state index in [1.165, 1.54) is 0 Å². The highest BCUT2D eigenvalue weighted by atomic mass is 16.6. The van der Waals surface area contributed by atoms with Crippen molar-refractivity contribution in [3.63, 3.8) is 0 Å². The molecule has 2 aromatic rings. The molecule has 25 heavy (non-hydrogen) atoms. The second-order valence-electron chi connectivity index (χ2n) is 7.00. The molecule has 0 aromatic heterocycles. The first kappa shape index (κ1) is 18.6. The van der Waals surface area contributed by atoms with Crippen molar-refractivity contribution in [2.45, 2.75) is 45.3 Å². The number of nitrogens with two attached hydrogens (primary N) is 1. The molecular formula is C19H24N2O4. The molecule has 0 aliphatic carbocycles. The van der Waals surface area contributed by atoms with E-state index in [2.05, 4.69) is 5.32 Å². The van der Waals surface area contributed by atoms with E-state index in [9.17, 15) is 9.59 Å². The summed E-state index contributed by atoms with van der Waals surface area (Å²) >= 11 is 0. The summed E-state index contributed by atoms with van der Waals surface area (Å²) in [6, 6.07) is 10.7. The van der Waals surface area contributed by atoms with Crippen molar-refractivity contribution in [3.8, 4) is 0 Å². The smallest absolute Gasteiger partial charge is 0.407 e. The number of amides is 1. The van der Waals surface area contributed by atoms with Crippen LogP contribution in [0.3, 0.4) is 0 Å². The van der Waals surface area contributed by atoms with Crippen molar-refractivity contribution >= 4 is 28.5 Å². The summed E-state index contributed by atoms with van der Waals surface area (Å²) in [7, 11) is 0.